The minimum atomic E-state index is -1.86. The van der Waals surface area contributed by atoms with Gasteiger partial charge >= 0.3 is 11.4 Å². The Balaban J connectivity index is 1.35. The van der Waals surface area contributed by atoms with Gasteiger partial charge in [0.15, 0.2) is 11.8 Å². The van der Waals surface area contributed by atoms with E-state index in [9.17, 15) is 24.0 Å². The van der Waals surface area contributed by atoms with Crippen LogP contribution in [-0.2, 0) is 31.8 Å². The number of amides is 2. The number of ketones is 1. The molecular formula is C48H58ClN5O6. The van der Waals surface area contributed by atoms with Crippen LogP contribution < -0.4 is 26.7 Å². The smallest absolute Gasteiger partial charge is 0.353 e. The molecule has 0 radical (unpaired) electrons. The molecule has 60 heavy (non-hydrogen) atoms. The van der Waals surface area contributed by atoms with Gasteiger partial charge in [-0.3, -0.25) is 14.4 Å². The third kappa shape index (κ3) is 10.4. The van der Waals surface area contributed by atoms with E-state index in [4.69, 9.17) is 16.3 Å². The van der Waals surface area contributed by atoms with Gasteiger partial charge in [-0.2, -0.15) is 4.68 Å². The third-order valence-electron chi connectivity index (χ3n) is 11.3. The number of benzene rings is 4. The molecule has 0 aliphatic rings. The Morgan fingerprint density at radius 1 is 0.750 bits per heavy atom. The number of aromatic nitrogens is 3. The van der Waals surface area contributed by atoms with Gasteiger partial charge in [-0.1, -0.05) is 135 Å². The fourth-order valence-corrected chi connectivity index (χ4v) is 6.90. The molecule has 1 heterocycles. The number of para-hydroxylation sites is 1. The molecule has 11 nitrogen and oxygen atoms in total. The van der Waals surface area contributed by atoms with E-state index in [1.165, 1.54) is 27.1 Å². The van der Waals surface area contributed by atoms with Crippen LogP contribution in [0.5, 0.6) is 5.75 Å². The van der Waals surface area contributed by atoms with Gasteiger partial charge in [-0.05, 0) is 77.6 Å². The SMILES string of the molecule is CCC(C)(C)c1ccc(OCCCC(=O)Nc2ccc(Cl)c(NC(=O)C(C(=O)C(C)(C)C)n3c(=O)n(Cc4ccccc4)n(-c4ccccc4)c3=O)c2)c(C(C)(C)CC)c1. The number of ether oxygens (including phenoxy) is 1. The summed E-state index contributed by atoms with van der Waals surface area (Å²) in [5.74, 6) is -1.06. The van der Waals surface area contributed by atoms with Gasteiger partial charge in [-0.25, -0.2) is 18.8 Å². The van der Waals surface area contributed by atoms with E-state index in [0.29, 0.717) is 29.0 Å². The van der Waals surface area contributed by atoms with Crippen LogP contribution in [0.4, 0.5) is 11.4 Å². The van der Waals surface area contributed by atoms with Crippen molar-refractivity contribution in [2.24, 2.45) is 5.41 Å². The molecule has 1 unspecified atom stereocenters. The van der Waals surface area contributed by atoms with Crippen molar-refractivity contribution in [2.45, 2.75) is 111 Å². The van der Waals surface area contributed by atoms with E-state index in [-0.39, 0.29) is 40.4 Å². The summed E-state index contributed by atoms with van der Waals surface area (Å²) in [5.41, 5.74) is 1.04. The summed E-state index contributed by atoms with van der Waals surface area (Å²) in [6.45, 7) is 18.4. The lowest BCUT2D eigenvalue weighted by Gasteiger charge is -2.30. The summed E-state index contributed by atoms with van der Waals surface area (Å²) in [5, 5.41) is 5.65. The number of anilines is 2. The van der Waals surface area contributed by atoms with Crippen LogP contribution in [-0.4, -0.2) is 38.1 Å². The molecular weight excluding hydrogens is 778 g/mol. The Morgan fingerprint density at radius 2 is 1.38 bits per heavy atom. The number of nitrogens with zero attached hydrogens (tertiary/aromatic N) is 3. The minimum absolute atomic E-state index is 0.00272. The van der Waals surface area contributed by atoms with E-state index in [1.54, 1.807) is 57.2 Å². The molecule has 5 aromatic rings. The summed E-state index contributed by atoms with van der Waals surface area (Å²) in [6.07, 6.45) is 2.56. The lowest BCUT2D eigenvalue weighted by Crippen LogP contribution is -2.46. The molecule has 0 spiro atoms. The summed E-state index contributed by atoms with van der Waals surface area (Å²) in [7, 11) is 0. The minimum Gasteiger partial charge on any atom is -0.493 e. The first kappa shape index (κ1) is 45.4. The van der Waals surface area contributed by atoms with Gasteiger partial charge < -0.3 is 15.4 Å². The lowest BCUT2D eigenvalue weighted by molar-refractivity contribution is -0.135. The zero-order valence-electron chi connectivity index (χ0n) is 36.2. The Morgan fingerprint density at radius 3 is 2.00 bits per heavy atom. The maximum atomic E-state index is 14.3. The summed E-state index contributed by atoms with van der Waals surface area (Å²) < 4.78 is 9.36. The molecule has 12 heteroatoms. The molecule has 0 aliphatic carbocycles. The average molecular weight is 836 g/mol. The highest BCUT2D eigenvalue weighted by molar-refractivity contribution is 6.34. The molecule has 2 N–H and O–H groups in total. The topological polar surface area (TPSA) is 133 Å². The van der Waals surface area contributed by atoms with Crippen LogP contribution in [0.2, 0.25) is 5.02 Å². The van der Waals surface area contributed by atoms with Gasteiger partial charge in [0.1, 0.15) is 5.75 Å². The van der Waals surface area contributed by atoms with E-state index >= 15 is 0 Å². The zero-order valence-corrected chi connectivity index (χ0v) is 37.0. The number of carbonyl (C=O) groups is 3. The quantitative estimate of drug-likeness (QED) is 0.0709. The predicted molar refractivity (Wildman–Crippen MR) is 240 cm³/mol. The number of rotatable bonds is 17. The van der Waals surface area contributed by atoms with Gasteiger partial charge in [-0.15, -0.1) is 0 Å². The van der Waals surface area contributed by atoms with Gasteiger partial charge in [0, 0.05) is 23.1 Å². The van der Waals surface area contributed by atoms with Crippen LogP contribution >= 0.6 is 11.6 Å². The number of halogens is 1. The van der Waals surface area contributed by atoms with Gasteiger partial charge in [0.2, 0.25) is 5.91 Å². The molecule has 1 atom stereocenters. The van der Waals surface area contributed by atoms with Crippen molar-refractivity contribution in [3.63, 3.8) is 0 Å². The largest absolute Gasteiger partial charge is 0.493 e. The summed E-state index contributed by atoms with van der Waals surface area (Å²) >= 11 is 6.55. The van der Waals surface area contributed by atoms with E-state index in [0.717, 1.165) is 29.7 Å². The van der Waals surface area contributed by atoms with Crippen LogP contribution in [0.3, 0.4) is 0 Å². The molecule has 5 rings (SSSR count). The number of hydrogen-bond donors (Lipinski definition) is 2. The molecule has 0 saturated carbocycles. The standard InChI is InChI=1S/C48H58ClN5O6/c1-10-47(6,7)33-24-27-39(36(29-33)48(8,9)11-2)60-28-18-23-40(55)50-34-25-26-37(49)38(30-34)51-43(57)41(42(56)46(3,4)5)53-44(58)52(31-32-19-14-12-15-20-32)54(45(53)59)35-21-16-13-17-22-35/h12-17,19-22,24-27,29-30,41H,10-11,18,23,28,31H2,1-9H3,(H,50,55)(H,51,57). The third-order valence-corrected chi connectivity index (χ3v) is 11.6. The number of Topliss-reactive ketones (excluding diaryl/α,β-unsaturated/α-hetero) is 1. The second kappa shape index (κ2) is 18.7. The van der Waals surface area contributed by atoms with Crippen molar-refractivity contribution >= 4 is 40.6 Å². The highest BCUT2D eigenvalue weighted by atomic mass is 35.5. The lowest BCUT2D eigenvalue weighted by atomic mass is 9.76. The van der Waals surface area contributed by atoms with Crippen LogP contribution in [0.25, 0.3) is 5.69 Å². The van der Waals surface area contributed by atoms with Crippen molar-refractivity contribution in [1.82, 2.24) is 13.9 Å². The molecule has 0 aliphatic heterocycles. The van der Waals surface area contributed by atoms with E-state index in [1.807, 2.05) is 36.4 Å². The Hall–Kier alpha value is -5.68. The number of carbonyl (C=O) groups excluding carboxylic acids is 3. The van der Waals surface area contributed by atoms with Crippen LogP contribution in [0, 0.1) is 5.41 Å². The van der Waals surface area contributed by atoms with Gasteiger partial charge in [0.25, 0.3) is 5.91 Å². The second-order valence-electron chi connectivity index (χ2n) is 17.5. The Kier molecular flexibility index (Phi) is 14.2. The maximum Gasteiger partial charge on any atom is 0.353 e. The number of hydrogen-bond acceptors (Lipinski definition) is 6. The monoisotopic (exact) mass is 835 g/mol. The predicted octanol–water partition coefficient (Wildman–Crippen LogP) is 9.47. The highest BCUT2D eigenvalue weighted by Gasteiger charge is 2.40. The maximum absolute atomic E-state index is 14.3. The fraction of sp³-hybridized carbons (Fsp3) is 0.396. The Bertz CT molecular complexity index is 2440. The van der Waals surface area contributed by atoms with Crippen molar-refractivity contribution in [3.8, 4) is 11.4 Å². The molecule has 0 fully saturated rings. The first-order chi connectivity index (χ1) is 28.3. The summed E-state index contributed by atoms with van der Waals surface area (Å²) in [4.78, 5) is 70.1. The molecule has 1 aromatic heterocycles. The zero-order chi connectivity index (χ0) is 44.0. The van der Waals surface area contributed by atoms with Crippen molar-refractivity contribution < 1.29 is 19.1 Å². The van der Waals surface area contributed by atoms with Crippen LogP contribution in [0.15, 0.2) is 107 Å². The average Bonchev–Trinajstić information content (AvgIpc) is 3.45. The van der Waals surface area contributed by atoms with E-state index in [2.05, 4.69) is 64.3 Å². The fourth-order valence-electron chi connectivity index (χ4n) is 6.73. The molecule has 2 amide bonds. The molecule has 318 valence electrons. The van der Waals surface area contributed by atoms with Crippen molar-refractivity contribution in [2.75, 3.05) is 17.2 Å². The van der Waals surface area contributed by atoms with Gasteiger partial charge in [0.05, 0.1) is 29.5 Å². The normalized spacial score (nSPS) is 12.5. The highest BCUT2D eigenvalue weighted by Crippen LogP contribution is 2.38. The Labute approximate surface area is 357 Å². The number of nitrogens with one attached hydrogen (secondary N) is 2. The molecule has 0 saturated heterocycles. The second-order valence-corrected chi connectivity index (χ2v) is 17.9. The van der Waals surface area contributed by atoms with E-state index < -0.39 is 34.5 Å². The first-order valence-electron chi connectivity index (χ1n) is 20.5. The van der Waals surface area contributed by atoms with Crippen molar-refractivity contribution in [1.29, 1.82) is 0 Å². The van der Waals surface area contributed by atoms with Crippen LogP contribution in [0.1, 0.15) is 111 Å². The summed E-state index contributed by atoms with van der Waals surface area (Å²) in [6, 6.07) is 26.8. The first-order valence-corrected chi connectivity index (χ1v) is 20.9. The molecule has 4 aromatic carbocycles. The van der Waals surface area contributed by atoms with Crippen molar-refractivity contribution in [3.05, 3.63) is 140 Å². The molecule has 0 bridgehead atoms.